The molecular weight excluding hydrogens is 297 g/mol. The normalized spacial score (nSPS) is 10.6. The summed E-state index contributed by atoms with van der Waals surface area (Å²) in [5.41, 5.74) is 1.20. The molecule has 0 spiro atoms. The van der Waals surface area contributed by atoms with Gasteiger partial charge in [0.1, 0.15) is 11.6 Å². The Hall–Kier alpha value is -2.54. The number of amides is 1. The van der Waals surface area contributed by atoms with E-state index in [2.05, 4.69) is 20.8 Å². The van der Waals surface area contributed by atoms with Crippen molar-refractivity contribution in [1.82, 2.24) is 20.4 Å². The van der Waals surface area contributed by atoms with Crippen LogP contribution < -0.4 is 10.6 Å². The average molecular weight is 317 g/mol. The molecular formula is C16H20FN5O. The molecule has 2 N–H and O–H groups in total. The molecule has 7 heteroatoms. The molecule has 0 aliphatic carbocycles. The number of hydrogen-bond acceptors (Lipinski definition) is 5. The second-order valence-corrected chi connectivity index (χ2v) is 5.34. The third kappa shape index (κ3) is 5.63. The van der Waals surface area contributed by atoms with Gasteiger partial charge in [-0.3, -0.25) is 4.79 Å². The summed E-state index contributed by atoms with van der Waals surface area (Å²) in [4.78, 5) is 13.8. The lowest BCUT2D eigenvalue weighted by Crippen LogP contribution is -2.31. The number of likely N-dealkylation sites (N-methyl/N-ethyl adjacent to an activating group) is 1. The summed E-state index contributed by atoms with van der Waals surface area (Å²) in [7, 11) is 3.88. The van der Waals surface area contributed by atoms with Crippen LogP contribution in [0.2, 0.25) is 0 Å². The zero-order chi connectivity index (χ0) is 16.7. The fourth-order valence-electron chi connectivity index (χ4n) is 1.83. The molecule has 1 amide bonds. The lowest BCUT2D eigenvalue weighted by atomic mass is 10.2. The Labute approximate surface area is 134 Å². The zero-order valence-corrected chi connectivity index (χ0v) is 13.2. The molecule has 2 aromatic rings. The van der Waals surface area contributed by atoms with Crippen molar-refractivity contribution in [3.8, 4) is 0 Å². The van der Waals surface area contributed by atoms with Crippen molar-refractivity contribution in [2.75, 3.05) is 32.5 Å². The molecule has 0 bridgehead atoms. The van der Waals surface area contributed by atoms with Gasteiger partial charge in [-0.15, -0.1) is 10.2 Å². The Kier molecular flexibility index (Phi) is 5.99. The molecule has 0 aliphatic heterocycles. The number of aromatic nitrogens is 2. The number of nitrogens with one attached hydrogen (secondary N) is 2. The number of rotatable bonds is 7. The number of nitrogens with zero attached hydrogens (tertiary/aromatic N) is 3. The minimum atomic E-state index is -0.266. The van der Waals surface area contributed by atoms with E-state index < -0.39 is 0 Å². The van der Waals surface area contributed by atoms with Crippen LogP contribution in [0, 0.1) is 5.82 Å². The van der Waals surface area contributed by atoms with E-state index in [0.29, 0.717) is 18.9 Å². The van der Waals surface area contributed by atoms with Crippen molar-refractivity contribution >= 4 is 11.7 Å². The summed E-state index contributed by atoms with van der Waals surface area (Å²) in [5, 5.41) is 13.7. The van der Waals surface area contributed by atoms with Crippen LogP contribution in [0.1, 0.15) is 16.1 Å². The number of anilines is 1. The SMILES string of the molecule is CN(C)CCNC(=O)c1ccc(NCc2ccc(F)cc2)nn1. The highest BCUT2D eigenvalue weighted by atomic mass is 19.1. The van der Waals surface area contributed by atoms with Crippen molar-refractivity contribution in [2.45, 2.75) is 6.54 Å². The molecule has 0 atom stereocenters. The Morgan fingerprint density at radius 2 is 1.87 bits per heavy atom. The first-order valence-corrected chi connectivity index (χ1v) is 7.29. The predicted molar refractivity (Wildman–Crippen MR) is 86.6 cm³/mol. The van der Waals surface area contributed by atoms with E-state index in [9.17, 15) is 9.18 Å². The first-order chi connectivity index (χ1) is 11.0. The van der Waals surface area contributed by atoms with Gasteiger partial charge in [0.25, 0.3) is 5.91 Å². The molecule has 0 radical (unpaired) electrons. The smallest absolute Gasteiger partial charge is 0.271 e. The molecule has 0 unspecified atom stereocenters. The van der Waals surface area contributed by atoms with Gasteiger partial charge in [0.2, 0.25) is 0 Å². The number of halogens is 1. The van der Waals surface area contributed by atoms with Crippen LogP contribution in [-0.4, -0.2) is 48.2 Å². The van der Waals surface area contributed by atoms with Crippen molar-refractivity contribution in [3.05, 3.63) is 53.5 Å². The molecule has 0 saturated heterocycles. The Bertz CT molecular complexity index is 628. The Balaban J connectivity index is 1.84. The van der Waals surface area contributed by atoms with E-state index in [1.807, 2.05) is 19.0 Å². The molecule has 122 valence electrons. The fraction of sp³-hybridized carbons (Fsp3) is 0.312. The maximum Gasteiger partial charge on any atom is 0.271 e. The highest BCUT2D eigenvalue weighted by Gasteiger charge is 2.07. The van der Waals surface area contributed by atoms with Crippen LogP contribution in [0.5, 0.6) is 0 Å². The second kappa shape index (κ2) is 8.19. The largest absolute Gasteiger partial charge is 0.365 e. The maximum atomic E-state index is 12.8. The fourth-order valence-corrected chi connectivity index (χ4v) is 1.83. The first kappa shape index (κ1) is 16.8. The first-order valence-electron chi connectivity index (χ1n) is 7.29. The topological polar surface area (TPSA) is 70.2 Å². The molecule has 0 saturated carbocycles. The van der Waals surface area contributed by atoms with Gasteiger partial charge in [0, 0.05) is 19.6 Å². The van der Waals surface area contributed by atoms with Gasteiger partial charge in [-0.05, 0) is 43.9 Å². The minimum absolute atomic E-state index is 0.246. The zero-order valence-electron chi connectivity index (χ0n) is 13.2. The maximum absolute atomic E-state index is 12.8. The van der Waals surface area contributed by atoms with Crippen LogP contribution in [0.3, 0.4) is 0 Å². The lowest BCUT2D eigenvalue weighted by Gasteiger charge is -2.10. The van der Waals surface area contributed by atoms with Crippen molar-refractivity contribution in [1.29, 1.82) is 0 Å². The van der Waals surface area contributed by atoms with Crippen molar-refractivity contribution < 1.29 is 9.18 Å². The molecule has 1 aromatic heterocycles. The predicted octanol–water partition coefficient (Wildman–Crippen LogP) is 1.52. The van der Waals surface area contributed by atoms with Gasteiger partial charge < -0.3 is 15.5 Å². The third-order valence-corrected chi connectivity index (χ3v) is 3.13. The van der Waals surface area contributed by atoms with Crippen LogP contribution in [-0.2, 0) is 6.54 Å². The highest BCUT2D eigenvalue weighted by molar-refractivity contribution is 5.92. The summed E-state index contributed by atoms with van der Waals surface area (Å²) in [6.45, 7) is 1.82. The number of benzene rings is 1. The van der Waals surface area contributed by atoms with Crippen LogP contribution in [0.25, 0.3) is 0 Å². The molecule has 0 fully saturated rings. The Morgan fingerprint density at radius 1 is 1.13 bits per heavy atom. The van der Waals surface area contributed by atoms with Crippen LogP contribution >= 0.6 is 0 Å². The van der Waals surface area contributed by atoms with E-state index >= 15 is 0 Å². The molecule has 1 heterocycles. The molecule has 1 aromatic carbocycles. The summed E-state index contributed by atoms with van der Waals surface area (Å²) < 4.78 is 12.8. The van der Waals surface area contributed by atoms with Gasteiger partial charge in [-0.25, -0.2) is 4.39 Å². The summed E-state index contributed by atoms with van der Waals surface area (Å²) in [5.74, 6) is 0.0433. The van der Waals surface area contributed by atoms with Gasteiger partial charge in [-0.2, -0.15) is 0 Å². The van der Waals surface area contributed by atoms with Gasteiger partial charge >= 0.3 is 0 Å². The van der Waals surface area contributed by atoms with E-state index in [4.69, 9.17) is 0 Å². The van der Waals surface area contributed by atoms with Gasteiger partial charge in [-0.1, -0.05) is 12.1 Å². The number of carbonyl (C=O) groups is 1. The second-order valence-electron chi connectivity index (χ2n) is 5.34. The van der Waals surface area contributed by atoms with Crippen LogP contribution in [0.4, 0.5) is 10.2 Å². The van der Waals surface area contributed by atoms with E-state index in [0.717, 1.165) is 12.1 Å². The monoisotopic (exact) mass is 317 g/mol. The van der Waals surface area contributed by atoms with Crippen LogP contribution in [0.15, 0.2) is 36.4 Å². The van der Waals surface area contributed by atoms with Gasteiger partial charge in [0.15, 0.2) is 5.69 Å². The third-order valence-electron chi connectivity index (χ3n) is 3.13. The summed E-state index contributed by atoms with van der Waals surface area (Å²) in [6.07, 6.45) is 0. The van der Waals surface area contributed by atoms with E-state index in [1.165, 1.54) is 12.1 Å². The lowest BCUT2D eigenvalue weighted by molar-refractivity contribution is 0.0945. The Morgan fingerprint density at radius 3 is 2.48 bits per heavy atom. The molecule has 0 aliphatic rings. The molecule has 23 heavy (non-hydrogen) atoms. The summed E-state index contributed by atoms with van der Waals surface area (Å²) >= 11 is 0. The number of carbonyl (C=O) groups excluding carboxylic acids is 1. The van der Waals surface area contributed by atoms with E-state index in [1.54, 1.807) is 24.3 Å². The standard InChI is InChI=1S/C16H20FN5O/c1-22(2)10-9-18-16(23)14-7-8-15(21-20-14)19-11-12-3-5-13(17)6-4-12/h3-8H,9-11H2,1-2H3,(H,18,23)(H,19,21). The average Bonchev–Trinajstić information content (AvgIpc) is 2.54. The molecule has 6 nitrogen and oxygen atoms in total. The highest BCUT2D eigenvalue weighted by Crippen LogP contribution is 2.07. The van der Waals surface area contributed by atoms with E-state index in [-0.39, 0.29) is 17.4 Å². The molecule has 2 rings (SSSR count). The van der Waals surface area contributed by atoms with Gasteiger partial charge in [0.05, 0.1) is 0 Å². The van der Waals surface area contributed by atoms with Crippen molar-refractivity contribution in [2.24, 2.45) is 0 Å². The number of hydrogen-bond donors (Lipinski definition) is 2. The quantitative estimate of drug-likeness (QED) is 0.810. The van der Waals surface area contributed by atoms with Crippen molar-refractivity contribution in [3.63, 3.8) is 0 Å². The summed E-state index contributed by atoms with van der Waals surface area (Å²) in [6, 6.07) is 9.51. The minimum Gasteiger partial charge on any atom is -0.365 e.